The number of aryl methyl sites for hydroxylation is 3. The van der Waals surface area contributed by atoms with Crippen LogP contribution in [0.1, 0.15) is 11.1 Å². The lowest BCUT2D eigenvalue weighted by Gasteiger charge is -2.12. The molecule has 0 aliphatic rings. The topological polar surface area (TPSA) is 38.3 Å². The molecule has 1 aromatic heterocycles. The molecule has 0 saturated heterocycles. The number of fused-ring (bicyclic) bond motifs is 2. The van der Waals surface area contributed by atoms with Crippen molar-refractivity contribution in [3.05, 3.63) is 72.1 Å². The van der Waals surface area contributed by atoms with Crippen molar-refractivity contribution in [3.8, 4) is 5.75 Å². The van der Waals surface area contributed by atoms with Crippen LogP contribution in [0, 0.1) is 13.8 Å². The monoisotopic (exact) mass is 361 g/mol. The van der Waals surface area contributed by atoms with E-state index in [9.17, 15) is 5.11 Å². The van der Waals surface area contributed by atoms with Gasteiger partial charge in [0.2, 0.25) is 6.33 Å². The minimum absolute atomic E-state index is 0.257. The van der Waals surface area contributed by atoms with Gasteiger partial charge in [-0.05, 0) is 60.0 Å². The third kappa shape index (κ3) is 3.53. The highest BCUT2D eigenvalue weighted by molar-refractivity contribution is 5.83. The van der Waals surface area contributed by atoms with Gasteiger partial charge in [-0.2, -0.15) is 0 Å². The molecule has 1 N–H and O–H groups in total. The SMILES string of the molecule is Cc1cc2c(cc1C)[n+](C)cn2C[C@H](O)COc1ccc2ccccc2c1. The van der Waals surface area contributed by atoms with E-state index in [1.165, 1.54) is 22.0 Å². The molecular formula is C23H25N2O2+. The van der Waals surface area contributed by atoms with E-state index < -0.39 is 6.10 Å². The Morgan fingerprint density at radius 1 is 1.00 bits per heavy atom. The molecule has 1 heterocycles. The average Bonchev–Trinajstić information content (AvgIpc) is 2.95. The maximum Gasteiger partial charge on any atom is 0.244 e. The van der Waals surface area contributed by atoms with E-state index in [1.807, 2.05) is 43.7 Å². The van der Waals surface area contributed by atoms with Crippen LogP contribution in [-0.2, 0) is 13.6 Å². The molecule has 4 nitrogen and oxygen atoms in total. The zero-order valence-electron chi connectivity index (χ0n) is 16.0. The highest BCUT2D eigenvalue weighted by Crippen LogP contribution is 2.21. The predicted octanol–water partition coefficient (Wildman–Crippen LogP) is 3.68. The third-order valence-electron chi connectivity index (χ3n) is 5.16. The summed E-state index contributed by atoms with van der Waals surface area (Å²) < 4.78 is 10.0. The van der Waals surface area contributed by atoms with Gasteiger partial charge in [0, 0.05) is 0 Å². The van der Waals surface area contributed by atoms with E-state index in [0.29, 0.717) is 6.54 Å². The summed E-state index contributed by atoms with van der Waals surface area (Å²) in [6.45, 7) is 4.99. The zero-order valence-corrected chi connectivity index (χ0v) is 16.0. The van der Waals surface area contributed by atoms with Crippen LogP contribution in [0.3, 0.4) is 0 Å². The van der Waals surface area contributed by atoms with Crippen LogP contribution in [0.4, 0.5) is 0 Å². The minimum Gasteiger partial charge on any atom is -0.491 e. The van der Waals surface area contributed by atoms with Crippen LogP contribution < -0.4 is 9.30 Å². The molecule has 0 bridgehead atoms. The van der Waals surface area contributed by atoms with Gasteiger partial charge in [0.1, 0.15) is 25.0 Å². The number of aliphatic hydroxyl groups excluding tert-OH is 1. The number of aromatic nitrogens is 2. The van der Waals surface area contributed by atoms with Gasteiger partial charge in [0.25, 0.3) is 0 Å². The lowest BCUT2D eigenvalue weighted by atomic mass is 10.1. The first kappa shape index (κ1) is 17.6. The van der Waals surface area contributed by atoms with E-state index in [1.54, 1.807) is 0 Å². The Kier molecular flexibility index (Phi) is 4.58. The Hall–Kier alpha value is -2.85. The standard InChI is InChI=1S/C23H25N2O2/c1-16-10-22-23(11-17(16)2)25(15-24(22)3)13-20(26)14-27-21-9-8-18-6-4-5-7-19(18)12-21/h4-12,15,20,26H,13-14H2,1-3H3/q+1/t20-/m0/s1. The molecule has 4 rings (SSSR count). The van der Waals surface area contributed by atoms with Crippen LogP contribution in [0.2, 0.25) is 0 Å². The summed E-state index contributed by atoms with van der Waals surface area (Å²) in [5, 5.41) is 12.8. The van der Waals surface area contributed by atoms with E-state index >= 15 is 0 Å². The largest absolute Gasteiger partial charge is 0.491 e. The first-order chi connectivity index (χ1) is 13.0. The number of ether oxygens (including phenoxy) is 1. The first-order valence-corrected chi connectivity index (χ1v) is 9.26. The fourth-order valence-electron chi connectivity index (χ4n) is 3.51. The maximum absolute atomic E-state index is 10.5. The fourth-order valence-corrected chi connectivity index (χ4v) is 3.51. The summed E-state index contributed by atoms with van der Waals surface area (Å²) in [4.78, 5) is 0. The fraction of sp³-hybridized carbons (Fsp3) is 0.261. The number of rotatable bonds is 5. The highest BCUT2D eigenvalue weighted by atomic mass is 16.5. The molecule has 0 spiro atoms. The lowest BCUT2D eigenvalue weighted by molar-refractivity contribution is -0.645. The van der Waals surface area contributed by atoms with Gasteiger partial charge < -0.3 is 9.84 Å². The molecule has 0 aliphatic carbocycles. The zero-order chi connectivity index (χ0) is 19.0. The smallest absolute Gasteiger partial charge is 0.244 e. The summed E-state index contributed by atoms with van der Waals surface area (Å²) in [7, 11) is 2.03. The molecule has 4 aromatic rings. The van der Waals surface area contributed by atoms with E-state index in [4.69, 9.17) is 4.74 Å². The third-order valence-corrected chi connectivity index (χ3v) is 5.16. The molecule has 0 saturated carbocycles. The second kappa shape index (κ2) is 7.05. The quantitative estimate of drug-likeness (QED) is 0.551. The average molecular weight is 361 g/mol. The molecule has 3 aromatic carbocycles. The van der Waals surface area contributed by atoms with E-state index in [-0.39, 0.29) is 6.61 Å². The Morgan fingerprint density at radius 3 is 2.56 bits per heavy atom. The second-order valence-electron chi connectivity index (χ2n) is 7.28. The summed E-state index contributed by atoms with van der Waals surface area (Å²) in [6.07, 6.45) is 1.44. The van der Waals surface area contributed by atoms with Gasteiger partial charge >= 0.3 is 0 Å². The van der Waals surface area contributed by atoms with Crippen LogP contribution in [-0.4, -0.2) is 22.4 Å². The number of hydrogen-bond acceptors (Lipinski definition) is 2. The Labute approximate surface area is 159 Å². The molecule has 27 heavy (non-hydrogen) atoms. The summed E-state index contributed by atoms with van der Waals surface area (Å²) in [5.74, 6) is 0.780. The van der Waals surface area contributed by atoms with Crippen molar-refractivity contribution in [1.29, 1.82) is 0 Å². The van der Waals surface area contributed by atoms with Crippen molar-refractivity contribution in [2.75, 3.05) is 6.61 Å². The van der Waals surface area contributed by atoms with Crippen LogP contribution in [0.15, 0.2) is 60.9 Å². The number of aliphatic hydroxyl groups is 1. The van der Waals surface area contributed by atoms with Gasteiger partial charge in [0.05, 0.1) is 7.05 Å². The van der Waals surface area contributed by atoms with Crippen molar-refractivity contribution >= 4 is 21.8 Å². The molecule has 4 heteroatoms. The van der Waals surface area contributed by atoms with Crippen molar-refractivity contribution in [2.45, 2.75) is 26.5 Å². The van der Waals surface area contributed by atoms with Gasteiger partial charge in [-0.1, -0.05) is 30.3 Å². The van der Waals surface area contributed by atoms with Crippen molar-refractivity contribution in [2.24, 2.45) is 7.05 Å². The number of benzene rings is 3. The van der Waals surface area contributed by atoms with Gasteiger partial charge in [-0.3, -0.25) is 0 Å². The molecule has 0 fully saturated rings. The van der Waals surface area contributed by atoms with E-state index in [2.05, 4.69) is 47.2 Å². The van der Waals surface area contributed by atoms with E-state index in [0.717, 1.165) is 16.7 Å². The van der Waals surface area contributed by atoms with Gasteiger partial charge in [0.15, 0.2) is 11.0 Å². The molecule has 0 amide bonds. The number of hydrogen-bond donors (Lipinski definition) is 1. The molecule has 138 valence electrons. The predicted molar refractivity (Wildman–Crippen MR) is 108 cm³/mol. The van der Waals surface area contributed by atoms with Crippen molar-refractivity contribution < 1.29 is 14.4 Å². The second-order valence-corrected chi connectivity index (χ2v) is 7.28. The Balaban J connectivity index is 1.48. The van der Waals surface area contributed by atoms with Crippen LogP contribution in [0.5, 0.6) is 5.75 Å². The highest BCUT2D eigenvalue weighted by Gasteiger charge is 2.18. The first-order valence-electron chi connectivity index (χ1n) is 9.26. The Morgan fingerprint density at radius 2 is 1.74 bits per heavy atom. The Bertz CT molecular complexity index is 1110. The van der Waals surface area contributed by atoms with Crippen molar-refractivity contribution in [3.63, 3.8) is 0 Å². The van der Waals surface area contributed by atoms with Crippen LogP contribution in [0.25, 0.3) is 21.8 Å². The normalized spacial score (nSPS) is 12.6. The summed E-state index contributed by atoms with van der Waals surface area (Å²) in [5.41, 5.74) is 4.83. The van der Waals surface area contributed by atoms with Gasteiger partial charge in [-0.25, -0.2) is 9.13 Å². The van der Waals surface area contributed by atoms with Crippen molar-refractivity contribution in [1.82, 2.24) is 4.57 Å². The molecule has 0 unspecified atom stereocenters. The number of imidazole rings is 1. The summed E-state index contributed by atoms with van der Waals surface area (Å²) >= 11 is 0. The van der Waals surface area contributed by atoms with Crippen LogP contribution >= 0.6 is 0 Å². The minimum atomic E-state index is -0.589. The molecule has 0 radical (unpaired) electrons. The number of nitrogens with zero attached hydrogens (tertiary/aromatic N) is 2. The summed E-state index contributed by atoms with van der Waals surface area (Å²) in [6, 6.07) is 18.6. The lowest BCUT2D eigenvalue weighted by Crippen LogP contribution is -2.27. The van der Waals surface area contributed by atoms with Gasteiger partial charge in [-0.15, -0.1) is 0 Å². The molecule has 1 atom stereocenters. The molecular weight excluding hydrogens is 336 g/mol. The molecule has 0 aliphatic heterocycles. The maximum atomic E-state index is 10.5.